The van der Waals surface area contributed by atoms with E-state index in [0.717, 1.165) is 19.3 Å². The van der Waals surface area contributed by atoms with Gasteiger partial charge in [-0.05, 0) is 24.8 Å². The van der Waals surface area contributed by atoms with E-state index in [4.69, 9.17) is 15.3 Å². The van der Waals surface area contributed by atoms with Crippen LogP contribution in [-0.4, -0.2) is 19.8 Å². The first-order valence-electron chi connectivity index (χ1n) is 7.41. The first-order chi connectivity index (χ1) is 10.1. The molecular weight excluding hydrogens is 271 g/mol. The molecule has 21 heavy (non-hydrogen) atoms. The number of rotatable bonds is 5. The highest BCUT2D eigenvalue weighted by Crippen LogP contribution is 2.44. The predicted molar refractivity (Wildman–Crippen MR) is 80.4 cm³/mol. The van der Waals surface area contributed by atoms with E-state index in [1.165, 1.54) is 13.5 Å². The average molecular weight is 296 g/mol. The van der Waals surface area contributed by atoms with Crippen molar-refractivity contribution in [1.82, 2.24) is 5.43 Å². The third-order valence-electron chi connectivity index (χ3n) is 4.61. The maximum atomic E-state index is 14.6. The molecule has 4 nitrogen and oxygen atoms in total. The van der Waals surface area contributed by atoms with Crippen molar-refractivity contribution in [2.75, 3.05) is 14.2 Å². The van der Waals surface area contributed by atoms with E-state index in [-0.39, 0.29) is 11.6 Å². The van der Waals surface area contributed by atoms with Gasteiger partial charge in [-0.15, -0.1) is 0 Å². The predicted octanol–water partition coefficient (Wildman–Crippen LogP) is 2.93. The zero-order valence-electron chi connectivity index (χ0n) is 13.0. The Labute approximate surface area is 125 Å². The Hall–Kier alpha value is -1.17. The van der Waals surface area contributed by atoms with Crippen molar-refractivity contribution >= 4 is 0 Å². The molecule has 3 unspecified atom stereocenters. The van der Waals surface area contributed by atoms with Crippen LogP contribution in [0.4, 0.5) is 4.39 Å². The minimum absolute atomic E-state index is 0.225. The van der Waals surface area contributed by atoms with Crippen LogP contribution >= 0.6 is 0 Å². The largest absolute Gasteiger partial charge is 0.494 e. The van der Waals surface area contributed by atoms with Crippen molar-refractivity contribution in [1.29, 1.82) is 0 Å². The topological polar surface area (TPSA) is 56.5 Å². The fraction of sp³-hybridized carbons (Fsp3) is 0.625. The van der Waals surface area contributed by atoms with Crippen LogP contribution < -0.4 is 16.0 Å². The van der Waals surface area contributed by atoms with Gasteiger partial charge in [0.1, 0.15) is 0 Å². The molecule has 2 rings (SSSR count). The molecule has 0 saturated heterocycles. The van der Waals surface area contributed by atoms with Gasteiger partial charge in [-0.25, -0.2) is 9.82 Å². The van der Waals surface area contributed by atoms with Gasteiger partial charge in [-0.1, -0.05) is 31.9 Å². The monoisotopic (exact) mass is 296 g/mol. The summed E-state index contributed by atoms with van der Waals surface area (Å²) >= 11 is 0. The van der Waals surface area contributed by atoms with Crippen molar-refractivity contribution in [2.24, 2.45) is 11.8 Å². The quantitative estimate of drug-likeness (QED) is 0.648. The van der Waals surface area contributed by atoms with Crippen molar-refractivity contribution in [3.05, 3.63) is 29.6 Å². The van der Waals surface area contributed by atoms with Gasteiger partial charge in [0.15, 0.2) is 11.6 Å². The first-order valence-corrected chi connectivity index (χ1v) is 7.41. The molecule has 0 amide bonds. The molecule has 1 aliphatic rings. The summed E-state index contributed by atoms with van der Waals surface area (Å²) in [7, 11) is 3.14. The fourth-order valence-corrected chi connectivity index (χ4v) is 3.54. The Morgan fingerprint density at radius 2 is 2.19 bits per heavy atom. The summed E-state index contributed by atoms with van der Waals surface area (Å²) < 4.78 is 25.5. The van der Waals surface area contributed by atoms with Crippen LogP contribution in [0, 0.1) is 11.7 Å². The van der Waals surface area contributed by atoms with Gasteiger partial charge in [0.05, 0.1) is 18.8 Å². The molecule has 1 fully saturated rings. The van der Waals surface area contributed by atoms with E-state index >= 15 is 0 Å². The Morgan fingerprint density at radius 1 is 1.43 bits per heavy atom. The minimum atomic E-state index is -0.486. The van der Waals surface area contributed by atoms with E-state index in [1.807, 2.05) is 0 Å². The summed E-state index contributed by atoms with van der Waals surface area (Å²) in [6.07, 6.45) is 3.94. The van der Waals surface area contributed by atoms with Gasteiger partial charge < -0.3 is 9.47 Å². The van der Waals surface area contributed by atoms with Crippen LogP contribution in [0.25, 0.3) is 0 Å². The van der Waals surface area contributed by atoms with E-state index < -0.39 is 11.6 Å². The Bertz CT molecular complexity index is 483. The van der Waals surface area contributed by atoms with Crippen molar-refractivity contribution in [2.45, 2.75) is 44.2 Å². The highest BCUT2D eigenvalue weighted by atomic mass is 19.1. The molecular formula is C16H25FN2O2. The Morgan fingerprint density at radius 3 is 2.76 bits per heavy atom. The second-order valence-corrected chi connectivity index (χ2v) is 5.93. The maximum Gasteiger partial charge on any atom is 0.169 e. The Kier molecular flexibility index (Phi) is 5.19. The van der Waals surface area contributed by atoms with E-state index in [1.54, 1.807) is 25.3 Å². The molecule has 1 saturated carbocycles. The second-order valence-electron chi connectivity index (χ2n) is 5.93. The zero-order valence-corrected chi connectivity index (χ0v) is 13.0. The standard InChI is InChI=1S/C16H25FN2O2/c1-11-6-5-9-16(10-11,21-3)15(19-18)12-7-4-8-13(20-2)14(12)17/h4,7-8,11,15,19H,5-6,9-10,18H2,1-3H3. The SMILES string of the molecule is COc1cccc(C(NN)C2(OC)CCCC(C)C2)c1F. The number of hydrogen-bond donors (Lipinski definition) is 2. The summed E-state index contributed by atoms with van der Waals surface area (Å²) in [6.45, 7) is 2.20. The van der Waals surface area contributed by atoms with Gasteiger partial charge in [0, 0.05) is 12.7 Å². The van der Waals surface area contributed by atoms with Crippen molar-refractivity contribution in [3.63, 3.8) is 0 Å². The average Bonchev–Trinajstić information content (AvgIpc) is 2.49. The lowest BCUT2D eigenvalue weighted by Gasteiger charge is -2.44. The van der Waals surface area contributed by atoms with Crippen molar-refractivity contribution < 1.29 is 13.9 Å². The van der Waals surface area contributed by atoms with E-state index in [9.17, 15) is 4.39 Å². The molecule has 0 spiro atoms. The second kappa shape index (κ2) is 6.73. The molecule has 0 radical (unpaired) electrons. The molecule has 0 aromatic heterocycles. The maximum absolute atomic E-state index is 14.6. The highest BCUT2D eigenvalue weighted by Gasteiger charge is 2.43. The number of hydrogen-bond acceptors (Lipinski definition) is 4. The number of methoxy groups -OCH3 is 2. The number of ether oxygens (including phenoxy) is 2. The normalized spacial score (nSPS) is 27.4. The summed E-state index contributed by atoms with van der Waals surface area (Å²) in [4.78, 5) is 0. The molecule has 1 aliphatic carbocycles. The van der Waals surface area contributed by atoms with Gasteiger partial charge in [0.25, 0.3) is 0 Å². The molecule has 1 aromatic carbocycles. The third-order valence-corrected chi connectivity index (χ3v) is 4.61. The molecule has 0 aliphatic heterocycles. The summed E-state index contributed by atoms with van der Waals surface area (Å²) in [6, 6.07) is 4.72. The van der Waals surface area contributed by atoms with Crippen LogP contribution in [0.3, 0.4) is 0 Å². The molecule has 1 aromatic rings. The van der Waals surface area contributed by atoms with Crippen LogP contribution in [0.5, 0.6) is 5.75 Å². The van der Waals surface area contributed by atoms with E-state index in [2.05, 4.69) is 12.3 Å². The summed E-state index contributed by atoms with van der Waals surface area (Å²) in [5.74, 6) is 6.14. The molecule has 0 heterocycles. The molecule has 118 valence electrons. The van der Waals surface area contributed by atoms with Gasteiger partial charge in [0.2, 0.25) is 0 Å². The third kappa shape index (κ3) is 3.05. The molecule has 3 atom stereocenters. The molecule has 0 bridgehead atoms. The van der Waals surface area contributed by atoms with Gasteiger partial charge in [-0.2, -0.15) is 0 Å². The van der Waals surface area contributed by atoms with Crippen LogP contribution in [0.15, 0.2) is 18.2 Å². The number of halogens is 1. The van der Waals surface area contributed by atoms with Gasteiger partial charge in [-0.3, -0.25) is 5.84 Å². The van der Waals surface area contributed by atoms with Crippen LogP contribution in [0.1, 0.15) is 44.2 Å². The number of benzene rings is 1. The van der Waals surface area contributed by atoms with Gasteiger partial charge >= 0.3 is 0 Å². The summed E-state index contributed by atoms with van der Waals surface area (Å²) in [5.41, 5.74) is 2.78. The number of hydrazine groups is 1. The Balaban J connectivity index is 2.42. The smallest absolute Gasteiger partial charge is 0.169 e. The lowest BCUT2D eigenvalue weighted by atomic mass is 9.73. The lowest BCUT2D eigenvalue weighted by Crippen LogP contribution is -2.50. The van der Waals surface area contributed by atoms with Crippen LogP contribution in [-0.2, 0) is 4.74 Å². The lowest BCUT2D eigenvalue weighted by molar-refractivity contribution is -0.0813. The molecule has 3 N–H and O–H groups in total. The number of nitrogens with one attached hydrogen (secondary N) is 1. The first kappa shape index (κ1) is 16.2. The van der Waals surface area contributed by atoms with Crippen molar-refractivity contribution in [3.8, 4) is 5.75 Å². The zero-order chi connectivity index (χ0) is 15.5. The fourth-order valence-electron chi connectivity index (χ4n) is 3.54. The van der Waals surface area contributed by atoms with E-state index in [0.29, 0.717) is 11.5 Å². The minimum Gasteiger partial charge on any atom is -0.494 e. The molecule has 5 heteroatoms. The highest BCUT2D eigenvalue weighted by molar-refractivity contribution is 5.34. The summed E-state index contributed by atoms with van der Waals surface area (Å²) in [5, 5.41) is 0. The van der Waals surface area contributed by atoms with Crippen LogP contribution in [0.2, 0.25) is 0 Å². The number of nitrogens with two attached hydrogens (primary N) is 1.